The molecule has 0 amide bonds. The monoisotopic (exact) mass is 704 g/mol. The highest BCUT2D eigenvalue weighted by atomic mass is 32.2. The lowest BCUT2D eigenvalue weighted by Crippen LogP contribution is -2.30. The third kappa shape index (κ3) is 9.18. The van der Waals surface area contributed by atoms with Gasteiger partial charge in [-0.15, -0.1) is 0 Å². The first-order valence-electron chi connectivity index (χ1n) is 16.0. The minimum Gasteiger partial charge on any atom is -0.483 e. The molecule has 2 aromatic heterocycles. The molecule has 1 N–H and O–H groups in total. The average Bonchev–Trinajstić information content (AvgIpc) is 3.53. The lowest BCUT2D eigenvalue weighted by Gasteiger charge is -2.32. The van der Waals surface area contributed by atoms with Crippen LogP contribution < -0.4 is 10.2 Å². The zero-order valence-electron chi connectivity index (χ0n) is 27.9. The number of halogens is 1. The number of hydrogen-bond donors (Lipinski definition) is 1. The average molecular weight is 705 g/mol. The molecule has 49 heavy (non-hydrogen) atoms. The maximum absolute atomic E-state index is 14.1. The van der Waals surface area contributed by atoms with Crippen molar-refractivity contribution in [3.05, 3.63) is 136 Å². The zero-order valence-corrected chi connectivity index (χ0v) is 29.8. The van der Waals surface area contributed by atoms with E-state index >= 15 is 0 Å². The second-order valence-corrected chi connectivity index (χ2v) is 20.4. The van der Waals surface area contributed by atoms with E-state index in [0.717, 1.165) is 23.7 Å². The van der Waals surface area contributed by atoms with Crippen molar-refractivity contribution in [2.24, 2.45) is 5.92 Å². The summed E-state index contributed by atoms with van der Waals surface area (Å²) >= 11 is 0. The molecule has 0 aliphatic rings. The Labute approximate surface area is 286 Å². The highest BCUT2D eigenvalue weighted by molar-refractivity contribution is 7.86. The molecule has 0 bridgehead atoms. The first-order valence-corrected chi connectivity index (χ1v) is 21.2. The van der Waals surface area contributed by atoms with E-state index in [2.05, 4.69) is 29.7 Å². The van der Waals surface area contributed by atoms with E-state index in [1.807, 2.05) is 60.7 Å². The number of aromatic nitrogens is 4. The van der Waals surface area contributed by atoms with Gasteiger partial charge in [-0.25, -0.2) is 14.1 Å². The number of nitrogens with zero attached hydrogens (tertiary/aromatic N) is 4. The van der Waals surface area contributed by atoms with Gasteiger partial charge in [-0.1, -0.05) is 99.4 Å². The lowest BCUT2D eigenvalue weighted by molar-refractivity contribution is 0.0766. The van der Waals surface area contributed by atoms with E-state index in [4.69, 9.17) is 9.47 Å². The maximum Gasteiger partial charge on any atom is 0.272 e. The fourth-order valence-corrected chi connectivity index (χ4v) is 7.70. The second kappa shape index (κ2) is 15.4. The molecule has 5 rings (SSSR count). The van der Waals surface area contributed by atoms with Gasteiger partial charge in [0.1, 0.15) is 24.4 Å². The van der Waals surface area contributed by atoms with Gasteiger partial charge in [-0.3, -0.25) is 9.35 Å². The van der Waals surface area contributed by atoms with Crippen molar-refractivity contribution in [1.82, 2.24) is 19.3 Å². The van der Waals surface area contributed by atoms with Gasteiger partial charge in [-0.2, -0.15) is 13.5 Å². The summed E-state index contributed by atoms with van der Waals surface area (Å²) in [7, 11) is -6.06. The minimum atomic E-state index is -4.70. The number of ether oxygens (including phenoxy) is 2. The summed E-state index contributed by atoms with van der Waals surface area (Å²) in [6.07, 6.45) is 4.66. The molecule has 0 radical (unpaired) electrons. The summed E-state index contributed by atoms with van der Waals surface area (Å²) in [4.78, 5) is 18.6. The number of hydrogen-bond acceptors (Lipinski definition) is 7. The summed E-state index contributed by atoms with van der Waals surface area (Å²) < 4.78 is 65.5. The van der Waals surface area contributed by atoms with Gasteiger partial charge in [-0.05, 0) is 34.9 Å². The van der Waals surface area contributed by atoms with Gasteiger partial charge in [0.2, 0.25) is 0 Å². The van der Waals surface area contributed by atoms with Gasteiger partial charge in [0.15, 0.2) is 17.3 Å². The SMILES string of the molecule is CC(C(c1ccccc1)n1ccnc1-c1nn(COCC[Si](C)(C)C)cc(OCc2ccccc2)c1=O)C(c1ccc(F)cc1)S(=O)(=O)O. The predicted octanol–water partition coefficient (Wildman–Crippen LogP) is 6.99. The van der Waals surface area contributed by atoms with Crippen LogP contribution in [0.15, 0.2) is 108 Å². The minimum absolute atomic E-state index is 0.0253. The van der Waals surface area contributed by atoms with E-state index in [1.165, 1.54) is 29.2 Å². The standard InChI is InChI=1S/C36H41FN4O6SSi/c1-26(35(48(43,44)45)29-15-17-30(37)18-16-29)33(28-13-9-6-10-14-28)41-20-19-38-36(41)32-34(42)31(47-24-27-11-7-5-8-12-27)23-40(39-32)25-46-21-22-49(2,3)4/h5-20,23,26,33,35H,21-22,24-25H2,1-4H3,(H,43,44,45). The smallest absolute Gasteiger partial charge is 0.272 e. The Kier molecular flexibility index (Phi) is 11.3. The van der Waals surface area contributed by atoms with Crippen LogP contribution in [0.1, 0.15) is 34.9 Å². The molecule has 0 fully saturated rings. The zero-order chi connectivity index (χ0) is 35.2. The van der Waals surface area contributed by atoms with Crippen LogP contribution in [0.5, 0.6) is 5.75 Å². The molecule has 13 heteroatoms. The van der Waals surface area contributed by atoms with Crippen molar-refractivity contribution in [3.63, 3.8) is 0 Å². The summed E-state index contributed by atoms with van der Waals surface area (Å²) in [6.45, 7) is 9.19. The molecule has 10 nitrogen and oxygen atoms in total. The van der Waals surface area contributed by atoms with Gasteiger partial charge in [0.05, 0.1) is 12.2 Å². The van der Waals surface area contributed by atoms with Crippen LogP contribution in [0.3, 0.4) is 0 Å². The van der Waals surface area contributed by atoms with Crippen molar-refractivity contribution >= 4 is 18.2 Å². The van der Waals surface area contributed by atoms with Crippen LogP contribution in [0.25, 0.3) is 11.5 Å². The third-order valence-corrected chi connectivity index (χ3v) is 11.3. The number of rotatable bonds is 15. The quantitative estimate of drug-likeness (QED) is 0.0703. The van der Waals surface area contributed by atoms with Crippen LogP contribution in [0.2, 0.25) is 25.7 Å². The van der Waals surface area contributed by atoms with Crippen molar-refractivity contribution in [1.29, 1.82) is 0 Å². The number of imidazole rings is 1. The Hall–Kier alpha value is -4.43. The van der Waals surface area contributed by atoms with Gasteiger partial charge >= 0.3 is 0 Å². The van der Waals surface area contributed by atoms with Gasteiger partial charge < -0.3 is 14.0 Å². The molecule has 0 spiro atoms. The van der Waals surface area contributed by atoms with Crippen LogP contribution in [0, 0.1) is 11.7 Å². The highest BCUT2D eigenvalue weighted by Gasteiger charge is 2.38. The van der Waals surface area contributed by atoms with E-state index in [9.17, 15) is 22.2 Å². The fraction of sp³-hybridized carbons (Fsp3) is 0.306. The Morgan fingerprint density at radius 3 is 2.22 bits per heavy atom. The molecular formula is C36H41FN4O6SSi. The van der Waals surface area contributed by atoms with Crippen LogP contribution in [0.4, 0.5) is 4.39 Å². The molecule has 2 heterocycles. The van der Waals surface area contributed by atoms with Crippen molar-refractivity contribution in [2.75, 3.05) is 6.61 Å². The Morgan fingerprint density at radius 2 is 1.59 bits per heavy atom. The molecule has 3 unspecified atom stereocenters. The Balaban J connectivity index is 1.61. The van der Waals surface area contributed by atoms with Crippen LogP contribution in [-0.2, 0) is 28.2 Å². The maximum atomic E-state index is 14.1. The van der Waals surface area contributed by atoms with E-state index < -0.39 is 46.6 Å². The third-order valence-electron chi connectivity index (χ3n) is 8.21. The summed E-state index contributed by atoms with van der Waals surface area (Å²) in [5.41, 5.74) is 1.24. The normalized spacial score (nSPS) is 13.9. The van der Waals surface area contributed by atoms with E-state index in [-0.39, 0.29) is 36.2 Å². The second-order valence-electron chi connectivity index (χ2n) is 13.2. The lowest BCUT2D eigenvalue weighted by atomic mass is 9.88. The summed E-state index contributed by atoms with van der Waals surface area (Å²) in [6, 6.07) is 23.7. The molecule has 3 aromatic carbocycles. The largest absolute Gasteiger partial charge is 0.483 e. The summed E-state index contributed by atoms with van der Waals surface area (Å²) in [5, 5.41) is 3.19. The predicted molar refractivity (Wildman–Crippen MR) is 189 cm³/mol. The van der Waals surface area contributed by atoms with Crippen molar-refractivity contribution in [3.8, 4) is 17.3 Å². The first kappa shape index (κ1) is 35.9. The van der Waals surface area contributed by atoms with Gasteiger partial charge in [0, 0.05) is 33.0 Å². The molecule has 0 aliphatic heterocycles. The van der Waals surface area contributed by atoms with Crippen molar-refractivity contribution in [2.45, 2.75) is 57.2 Å². The number of benzene rings is 3. The molecule has 258 valence electrons. The first-order chi connectivity index (χ1) is 23.3. The molecule has 0 aliphatic carbocycles. The topological polar surface area (TPSA) is 126 Å². The fourth-order valence-electron chi connectivity index (χ4n) is 5.75. The van der Waals surface area contributed by atoms with E-state index in [0.29, 0.717) is 12.2 Å². The van der Waals surface area contributed by atoms with Crippen LogP contribution >= 0.6 is 0 Å². The molecule has 0 saturated carbocycles. The molecular weight excluding hydrogens is 664 g/mol. The summed E-state index contributed by atoms with van der Waals surface area (Å²) in [5.74, 6) is -1.17. The highest BCUT2D eigenvalue weighted by Crippen LogP contribution is 2.41. The van der Waals surface area contributed by atoms with Crippen LogP contribution in [-0.4, -0.2) is 47.0 Å². The molecule has 5 aromatic rings. The van der Waals surface area contributed by atoms with E-state index in [1.54, 1.807) is 17.7 Å². The molecule has 0 saturated heterocycles. The Bertz CT molecular complexity index is 2000. The molecule has 3 atom stereocenters. The van der Waals surface area contributed by atoms with Gasteiger partial charge in [0.25, 0.3) is 15.5 Å². The van der Waals surface area contributed by atoms with Crippen molar-refractivity contribution < 1.29 is 26.8 Å². The Morgan fingerprint density at radius 1 is 0.939 bits per heavy atom.